The summed E-state index contributed by atoms with van der Waals surface area (Å²) in [5, 5.41) is 5.30. The Balaban J connectivity index is 2.14. The van der Waals surface area contributed by atoms with E-state index < -0.39 is 11.2 Å². The Morgan fingerprint density at radius 1 is 1.21 bits per heavy atom. The van der Waals surface area contributed by atoms with Crippen molar-refractivity contribution in [3.63, 3.8) is 0 Å². The average molecular weight is 326 g/mol. The van der Waals surface area contributed by atoms with Crippen molar-refractivity contribution in [2.45, 2.75) is 0 Å². The number of pyridine rings is 1. The van der Waals surface area contributed by atoms with Crippen LogP contribution in [0.15, 0.2) is 28.0 Å². The molecule has 0 aliphatic heterocycles. The van der Waals surface area contributed by atoms with Crippen LogP contribution in [0, 0.1) is 0 Å². The molecular formula is C15H14N6O3. The summed E-state index contributed by atoms with van der Waals surface area (Å²) < 4.78 is 8.56. The van der Waals surface area contributed by atoms with Gasteiger partial charge in [-0.1, -0.05) is 0 Å². The summed E-state index contributed by atoms with van der Waals surface area (Å²) in [5.41, 5.74) is 1.85. The Bertz CT molecular complexity index is 1210. The van der Waals surface area contributed by atoms with Crippen LogP contribution in [0.25, 0.3) is 33.2 Å². The Hall–Kier alpha value is -3.36. The lowest BCUT2D eigenvalue weighted by atomic mass is 10.1. The number of rotatable bonds is 2. The number of hydrogen-bond acceptors (Lipinski definition) is 5. The van der Waals surface area contributed by atoms with Crippen molar-refractivity contribution in [3.8, 4) is 17.1 Å². The minimum absolute atomic E-state index is 0.308. The maximum absolute atomic E-state index is 12.1. The summed E-state index contributed by atoms with van der Waals surface area (Å²) in [5.74, 6) is 0.474. The molecule has 122 valence electrons. The number of ether oxygens (including phenoxy) is 1. The summed E-state index contributed by atoms with van der Waals surface area (Å²) in [6.07, 6.45) is 3.59. The molecule has 4 rings (SSSR count). The van der Waals surface area contributed by atoms with E-state index in [1.165, 1.54) is 4.68 Å². The number of nitrogens with zero attached hydrogens (tertiary/aromatic N) is 4. The van der Waals surface area contributed by atoms with Crippen LogP contribution in [0.2, 0.25) is 0 Å². The van der Waals surface area contributed by atoms with Crippen molar-refractivity contribution in [1.29, 1.82) is 0 Å². The van der Waals surface area contributed by atoms with E-state index in [2.05, 4.69) is 20.1 Å². The lowest BCUT2D eigenvalue weighted by Crippen LogP contribution is -2.22. The van der Waals surface area contributed by atoms with Gasteiger partial charge in [0.15, 0.2) is 5.52 Å². The van der Waals surface area contributed by atoms with Gasteiger partial charge in [-0.05, 0) is 0 Å². The number of aryl methyl sites for hydroxylation is 2. The molecule has 0 fully saturated rings. The SMILES string of the molecule is COc1cc2c(-c3nn(C)c4c(=O)[nH]c(=O)[nH]c34)cn(C)c2cn1. The molecule has 0 saturated carbocycles. The van der Waals surface area contributed by atoms with E-state index in [1.807, 2.05) is 17.8 Å². The van der Waals surface area contributed by atoms with Gasteiger partial charge in [0.1, 0.15) is 11.2 Å². The number of aromatic amines is 2. The Kier molecular flexibility index (Phi) is 2.86. The molecule has 0 saturated heterocycles. The van der Waals surface area contributed by atoms with Gasteiger partial charge in [0.25, 0.3) is 5.56 Å². The molecule has 4 aromatic rings. The van der Waals surface area contributed by atoms with Crippen LogP contribution >= 0.6 is 0 Å². The van der Waals surface area contributed by atoms with Crippen LogP contribution in [0.5, 0.6) is 5.88 Å². The minimum atomic E-state index is -0.568. The smallest absolute Gasteiger partial charge is 0.326 e. The van der Waals surface area contributed by atoms with Gasteiger partial charge in [0.2, 0.25) is 5.88 Å². The van der Waals surface area contributed by atoms with Crippen molar-refractivity contribution >= 4 is 21.9 Å². The molecule has 0 bridgehead atoms. The number of methoxy groups -OCH3 is 1. The second kappa shape index (κ2) is 4.82. The topological polar surface area (TPSA) is 111 Å². The highest BCUT2D eigenvalue weighted by Crippen LogP contribution is 2.33. The van der Waals surface area contributed by atoms with Gasteiger partial charge in [-0.25, -0.2) is 9.78 Å². The maximum Gasteiger partial charge on any atom is 0.326 e. The van der Waals surface area contributed by atoms with Gasteiger partial charge < -0.3 is 14.3 Å². The number of hydrogen-bond donors (Lipinski definition) is 2. The molecule has 0 amide bonds. The van der Waals surface area contributed by atoms with Crippen molar-refractivity contribution in [1.82, 2.24) is 29.3 Å². The fourth-order valence-electron chi connectivity index (χ4n) is 2.96. The van der Waals surface area contributed by atoms with Gasteiger partial charge >= 0.3 is 5.69 Å². The van der Waals surface area contributed by atoms with E-state index in [0.29, 0.717) is 22.6 Å². The molecule has 0 spiro atoms. The van der Waals surface area contributed by atoms with Gasteiger partial charge in [0, 0.05) is 37.3 Å². The monoisotopic (exact) mass is 326 g/mol. The fourth-order valence-corrected chi connectivity index (χ4v) is 2.96. The molecule has 2 N–H and O–H groups in total. The van der Waals surface area contributed by atoms with Crippen LogP contribution in [0.1, 0.15) is 0 Å². The molecule has 0 atom stereocenters. The van der Waals surface area contributed by atoms with E-state index in [0.717, 1.165) is 16.5 Å². The molecule has 9 nitrogen and oxygen atoms in total. The largest absolute Gasteiger partial charge is 0.481 e. The lowest BCUT2D eigenvalue weighted by Gasteiger charge is -2.00. The zero-order valence-corrected chi connectivity index (χ0v) is 13.2. The van der Waals surface area contributed by atoms with Crippen LogP contribution in [0.3, 0.4) is 0 Å². The summed E-state index contributed by atoms with van der Waals surface area (Å²) in [4.78, 5) is 32.8. The van der Waals surface area contributed by atoms with Gasteiger partial charge in [-0.15, -0.1) is 0 Å². The van der Waals surface area contributed by atoms with Crippen LogP contribution in [0.4, 0.5) is 0 Å². The number of nitrogens with one attached hydrogen (secondary N) is 2. The first-order valence-corrected chi connectivity index (χ1v) is 7.18. The summed E-state index contributed by atoms with van der Waals surface area (Å²) in [6, 6.07) is 1.80. The van der Waals surface area contributed by atoms with E-state index >= 15 is 0 Å². The molecule has 9 heteroatoms. The standard InChI is InChI=1S/C15H14N6O3/c1-20-6-8(7-4-10(24-3)16-5-9(7)20)11-12-13(21(2)19-11)14(22)18-15(23)17-12/h4-6H,1-3H3,(H2,17,18,22,23). The van der Waals surface area contributed by atoms with Gasteiger partial charge in [0.05, 0.1) is 18.8 Å². The highest BCUT2D eigenvalue weighted by Gasteiger charge is 2.19. The van der Waals surface area contributed by atoms with E-state index in [-0.39, 0.29) is 0 Å². The first-order chi connectivity index (χ1) is 11.5. The quantitative estimate of drug-likeness (QED) is 0.558. The van der Waals surface area contributed by atoms with E-state index in [1.54, 1.807) is 26.4 Å². The second-order valence-electron chi connectivity index (χ2n) is 5.50. The van der Waals surface area contributed by atoms with E-state index in [4.69, 9.17) is 4.74 Å². The second-order valence-corrected chi connectivity index (χ2v) is 5.50. The predicted octanol–water partition coefficient (Wildman–Crippen LogP) is 0.512. The third-order valence-electron chi connectivity index (χ3n) is 4.04. The molecule has 0 unspecified atom stereocenters. The maximum atomic E-state index is 12.1. The van der Waals surface area contributed by atoms with E-state index in [9.17, 15) is 9.59 Å². The number of fused-ring (bicyclic) bond motifs is 2. The predicted molar refractivity (Wildman–Crippen MR) is 88.2 cm³/mol. The number of aromatic nitrogens is 6. The highest BCUT2D eigenvalue weighted by molar-refractivity contribution is 6.01. The normalized spacial score (nSPS) is 11.5. The Labute approximate surface area is 134 Å². The zero-order chi connectivity index (χ0) is 17.0. The average Bonchev–Trinajstić information content (AvgIpc) is 3.04. The molecule has 0 radical (unpaired) electrons. The van der Waals surface area contributed by atoms with Crippen molar-refractivity contribution < 1.29 is 4.74 Å². The van der Waals surface area contributed by atoms with Crippen molar-refractivity contribution in [2.75, 3.05) is 7.11 Å². The zero-order valence-electron chi connectivity index (χ0n) is 13.2. The molecular weight excluding hydrogens is 312 g/mol. The molecule has 24 heavy (non-hydrogen) atoms. The molecule has 0 aromatic carbocycles. The van der Waals surface area contributed by atoms with Crippen LogP contribution in [-0.4, -0.2) is 36.4 Å². The van der Waals surface area contributed by atoms with Crippen LogP contribution < -0.4 is 16.0 Å². The Morgan fingerprint density at radius 3 is 2.75 bits per heavy atom. The number of H-pyrrole nitrogens is 2. The molecule has 4 aromatic heterocycles. The molecule has 0 aliphatic carbocycles. The first kappa shape index (κ1) is 14.2. The van der Waals surface area contributed by atoms with Crippen molar-refractivity contribution in [3.05, 3.63) is 39.3 Å². The van der Waals surface area contributed by atoms with Crippen LogP contribution in [-0.2, 0) is 14.1 Å². The minimum Gasteiger partial charge on any atom is -0.481 e. The summed E-state index contributed by atoms with van der Waals surface area (Å²) in [6.45, 7) is 0. The van der Waals surface area contributed by atoms with Crippen molar-refractivity contribution in [2.24, 2.45) is 14.1 Å². The fraction of sp³-hybridized carbons (Fsp3) is 0.200. The summed E-state index contributed by atoms with van der Waals surface area (Å²) in [7, 11) is 5.09. The van der Waals surface area contributed by atoms with Gasteiger partial charge in [-0.3, -0.25) is 14.5 Å². The first-order valence-electron chi connectivity index (χ1n) is 7.18. The third-order valence-corrected chi connectivity index (χ3v) is 4.04. The molecule has 0 aliphatic rings. The van der Waals surface area contributed by atoms with Gasteiger partial charge in [-0.2, -0.15) is 5.10 Å². The third kappa shape index (κ3) is 1.87. The molecule has 4 heterocycles. The Morgan fingerprint density at radius 2 is 2.00 bits per heavy atom. The lowest BCUT2D eigenvalue weighted by molar-refractivity contribution is 0.398. The highest BCUT2D eigenvalue weighted by atomic mass is 16.5. The summed E-state index contributed by atoms with van der Waals surface area (Å²) >= 11 is 0.